The number of nitrogens with one attached hydrogen (secondary N) is 1. The number of rotatable bonds is 3. The third-order valence-electron chi connectivity index (χ3n) is 4.95. The van der Waals surface area contributed by atoms with Crippen LogP contribution >= 0.6 is 23.2 Å². The molecular formula is C20H15Cl2N7O. The van der Waals surface area contributed by atoms with E-state index in [1.165, 1.54) is 0 Å². The molecule has 1 aliphatic rings. The standard InChI is InChI=1S/C20H15Cl2N7O/c21-12-4-5-13(14(22)9-12)16-10-17(25-24-16)20(30)28-7-8-29-18(11-28)26-27-19(29)15-3-1-2-6-23-15/h1-6,9-10H,7-8,11H2,(H,24,25). The molecule has 0 unspecified atom stereocenters. The van der Waals surface area contributed by atoms with Gasteiger partial charge in [0.25, 0.3) is 5.91 Å². The number of halogens is 2. The van der Waals surface area contributed by atoms with E-state index in [1.54, 1.807) is 35.4 Å². The van der Waals surface area contributed by atoms with Gasteiger partial charge in [0.05, 0.1) is 17.3 Å². The smallest absolute Gasteiger partial charge is 0.272 e. The lowest BCUT2D eigenvalue weighted by Gasteiger charge is -2.27. The molecule has 0 fully saturated rings. The SMILES string of the molecule is O=C(c1cc(-c2ccc(Cl)cc2Cl)n[nH]1)N1CCn2c(nnc2-c2ccccn2)C1. The minimum Gasteiger partial charge on any atom is -0.328 e. The summed E-state index contributed by atoms with van der Waals surface area (Å²) in [5.41, 5.74) is 2.43. The number of carbonyl (C=O) groups is 1. The van der Waals surface area contributed by atoms with Gasteiger partial charge in [-0.2, -0.15) is 5.10 Å². The Balaban J connectivity index is 1.36. The molecule has 0 atom stereocenters. The Morgan fingerprint density at radius 2 is 1.93 bits per heavy atom. The number of carbonyl (C=O) groups excluding carboxylic acids is 1. The Bertz CT molecular complexity index is 1240. The number of H-pyrrole nitrogens is 1. The quantitative estimate of drug-likeness (QED) is 0.525. The van der Waals surface area contributed by atoms with Crippen LogP contribution in [0.2, 0.25) is 10.0 Å². The summed E-state index contributed by atoms with van der Waals surface area (Å²) in [7, 11) is 0. The Hall–Kier alpha value is -3.23. The van der Waals surface area contributed by atoms with Gasteiger partial charge >= 0.3 is 0 Å². The second-order valence-corrected chi connectivity index (χ2v) is 7.67. The van der Waals surface area contributed by atoms with Gasteiger partial charge in [0.15, 0.2) is 11.6 Å². The molecule has 4 heterocycles. The molecule has 4 aromatic rings. The van der Waals surface area contributed by atoms with Crippen molar-refractivity contribution >= 4 is 29.1 Å². The second kappa shape index (κ2) is 7.55. The van der Waals surface area contributed by atoms with E-state index >= 15 is 0 Å². The molecule has 8 nitrogen and oxygen atoms in total. The zero-order valence-corrected chi connectivity index (χ0v) is 17.1. The van der Waals surface area contributed by atoms with Gasteiger partial charge in [-0.25, -0.2) is 0 Å². The van der Waals surface area contributed by atoms with Gasteiger partial charge in [-0.05, 0) is 36.4 Å². The topological polar surface area (TPSA) is 92.6 Å². The van der Waals surface area contributed by atoms with Crippen LogP contribution in [0.15, 0.2) is 48.7 Å². The number of aromatic nitrogens is 6. The first-order chi connectivity index (χ1) is 14.6. The summed E-state index contributed by atoms with van der Waals surface area (Å²) in [6, 6.07) is 12.5. The molecule has 3 aromatic heterocycles. The number of nitrogens with zero attached hydrogens (tertiary/aromatic N) is 6. The fourth-order valence-electron chi connectivity index (χ4n) is 3.45. The summed E-state index contributed by atoms with van der Waals surface area (Å²) in [4.78, 5) is 19.1. The predicted molar refractivity (Wildman–Crippen MR) is 112 cm³/mol. The van der Waals surface area contributed by atoms with E-state index in [0.717, 1.165) is 11.5 Å². The maximum absolute atomic E-state index is 13.0. The zero-order valence-electron chi connectivity index (χ0n) is 15.6. The maximum atomic E-state index is 13.0. The number of pyridine rings is 1. The summed E-state index contributed by atoms with van der Waals surface area (Å²) in [5, 5.41) is 16.6. The van der Waals surface area contributed by atoms with E-state index in [2.05, 4.69) is 25.4 Å². The number of hydrogen-bond donors (Lipinski definition) is 1. The minimum absolute atomic E-state index is 0.160. The Labute approximate surface area is 181 Å². The highest BCUT2D eigenvalue weighted by Gasteiger charge is 2.27. The Morgan fingerprint density at radius 3 is 2.73 bits per heavy atom. The normalized spacial score (nSPS) is 13.3. The monoisotopic (exact) mass is 439 g/mol. The van der Waals surface area contributed by atoms with E-state index in [4.69, 9.17) is 23.2 Å². The van der Waals surface area contributed by atoms with Gasteiger partial charge in [-0.15, -0.1) is 10.2 Å². The van der Waals surface area contributed by atoms with Gasteiger partial charge in [-0.1, -0.05) is 29.3 Å². The number of amides is 1. The fraction of sp³-hybridized carbons (Fsp3) is 0.150. The van der Waals surface area contributed by atoms with Crippen molar-refractivity contribution in [2.45, 2.75) is 13.1 Å². The highest BCUT2D eigenvalue weighted by atomic mass is 35.5. The molecule has 5 rings (SSSR count). The van der Waals surface area contributed by atoms with Crippen molar-refractivity contribution in [3.05, 3.63) is 70.2 Å². The lowest BCUT2D eigenvalue weighted by Crippen LogP contribution is -2.38. The second-order valence-electron chi connectivity index (χ2n) is 6.82. The maximum Gasteiger partial charge on any atom is 0.272 e. The molecule has 0 bridgehead atoms. The summed E-state index contributed by atoms with van der Waals surface area (Å²) in [5.74, 6) is 1.27. The molecule has 0 spiro atoms. The van der Waals surface area contributed by atoms with Gasteiger partial charge in [0.2, 0.25) is 0 Å². The van der Waals surface area contributed by atoms with Crippen LogP contribution in [0, 0.1) is 0 Å². The lowest BCUT2D eigenvalue weighted by atomic mass is 10.1. The molecule has 1 aromatic carbocycles. The Kier molecular flexibility index (Phi) is 4.72. The van der Waals surface area contributed by atoms with Crippen molar-refractivity contribution in [2.75, 3.05) is 6.54 Å². The van der Waals surface area contributed by atoms with E-state index < -0.39 is 0 Å². The predicted octanol–water partition coefficient (Wildman–Crippen LogP) is 3.69. The largest absolute Gasteiger partial charge is 0.328 e. The first-order valence-electron chi connectivity index (χ1n) is 9.24. The first kappa shape index (κ1) is 18.8. The van der Waals surface area contributed by atoms with Crippen molar-refractivity contribution in [1.82, 2.24) is 34.8 Å². The van der Waals surface area contributed by atoms with Crippen molar-refractivity contribution in [3.63, 3.8) is 0 Å². The molecule has 150 valence electrons. The summed E-state index contributed by atoms with van der Waals surface area (Å²) < 4.78 is 2.00. The van der Waals surface area contributed by atoms with E-state index in [0.29, 0.717) is 52.5 Å². The highest BCUT2D eigenvalue weighted by Crippen LogP contribution is 2.30. The van der Waals surface area contributed by atoms with E-state index in [1.807, 2.05) is 22.8 Å². The van der Waals surface area contributed by atoms with Crippen molar-refractivity contribution in [1.29, 1.82) is 0 Å². The van der Waals surface area contributed by atoms with Crippen LogP contribution in [-0.2, 0) is 13.1 Å². The zero-order chi connectivity index (χ0) is 20.7. The van der Waals surface area contributed by atoms with Crippen molar-refractivity contribution in [3.8, 4) is 22.8 Å². The molecule has 1 amide bonds. The third kappa shape index (κ3) is 3.34. The molecule has 30 heavy (non-hydrogen) atoms. The molecule has 10 heteroatoms. The summed E-state index contributed by atoms with van der Waals surface area (Å²) >= 11 is 12.2. The Morgan fingerprint density at radius 1 is 1.03 bits per heavy atom. The number of aromatic amines is 1. The summed E-state index contributed by atoms with van der Waals surface area (Å²) in [6.45, 7) is 1.47. The first-order valence-corrected chi connectivity index (χ1v) is 9.99. The third-order valence-corrected chi connectivity index (χ3v) is 5.50. The van der Waals surface area contributed by atoms with E-state index in [9.17, 15) is 4.79 Å². The average Bonchev–Trinajstić information content (AvgIpc) is 3.41. The van der Waals surface area contributed by atoms with Crippen LogP contribution in [0.1, 0.15) is 16.3 Å². The van der Waals surface area contributed by atoms with Gasteiger partial charge in [-0.3, -0.25) is 14.9 Å². The average molecular weight is 440 g/mol. The highest BCUT2D eigenvalue weighted by molar-refractivity contribution is 6.36. The minimum atomic E-state index is -0.160. The lowest BCUT2D eigenvalue weighted by molar-refractivity contribution is 0.0702. The van der Waals surface area contributed by atoms with Crippen molar-refractivity contribution < 1.29 is 4.79 Å². The molecular weight excluding hydrogens is 425 g/mol. The van der Waals surface area contributed by atoms with E-state index in [-0.39, 0.29) is 5.91 Å². The van der Waals surface area contributed by atoms with Crippen LogP contribution < -0.4 is 0 Å². The van der Waals surface area contributed by atoms with Crippen LogP contribution in [0.4, 0.5) is 0 Å². The van der Waals surface area contributed by atoms with Crippen LogP contribution in [-0.4, -0.2) is 47.3 Å². The molecule has 0 saturated carbocycles. The molecule has 0 radical (unpaired) electrons. The number of fused-ring (bicyclic) bond motifs is 1. The number of benzene rings is 1. The van der Waals surface area contributed by atoms with Gasteiger partial charge < -0.3 is 9.47 Å². The van der Waals surface area contributed by atoms with Gasteiger partial charge in [0.1, 0.15) is 11.4 Å². The van der Waals surface area contributed by atoms with Crippen molar-refractivity contribution in [2.24, 2.45) is 0 Å². The van der Waals surface area contributed by atoms with Crippen LogP contribution in [0.3, 0.4) is 0 Å². The molecule has 0 saturated heterocycles. The van der Waals surface area contributed by atoms with Gasteiger partial charge in [0, 0.05) is 29.9 Å². The molecule has 0 aliphatic carbocycles. The number of hydrogen-bond acceptors (Lipinski definition) is 5. The van der Waals surface area contributed by atoms with Crippen LogP contribution in [0.25, 0.3) is 22.8 Å². The van der Waals surface area contributed by atoms with Crippen LogP contribution in [0.5, 0.6) is 0 Å². The molecule has 1 aliphatic heterocycles. The molecule has 1 N–H and O–H groups in total. The summed E-state index contributed by atoms with van der Waals surface area (Å²) in [6.07, 6.45) is 1.72. The fourth-order valence-corrected chi connectivity index (χ4v) is 3.96.